The average Bonchev–Trinajstić information content (AvgIpc) is 3.95. The lowest BCUT2D eigenvalue weighted by Crippen LogP contribution is -2.50. The largest absolute Gasteiger partial charge is 0.497 e. The first-order chi connectivity index (χ1) is 32.3. The lowest BCUT2D eigenvalue weighted by Gasteiger charge is -2.34. The van der Waals surface area contributed by atoms with Crippen molar-refractivity contribution >= 4 is 63.6 Å². The molecule has 0 fully saturated rings. The van der Waals surface area contributed by atoms with Gasteiger partial charge in [0.1, 0.15) is 27.0 Å². The van der Waals surface area contributed by atoms with Gasteiger partial charge < -0.3 is 29.3 Å². The Hall–Kier alpha value is -6.01. The van der Waals surface area contributed by atoms with Gasteiger partial charge in [0.05, 0.1) is 56.3 Å². The van der Waals surface area contributed by atoms with Crippen molar-refractivity contribution < 1.29 is 46.1 Å². The summed E-state index contributed by atoms with van der Waals surface area (Å²) in [5.74, 6) is 1.49. The van der Waals surface area contributed by atoms with E-state index in [-0.39, 0.29) is 36.6 Å². The van der Waals surface area contributed by atoms with Gasteiger partial charge >= 0.3 is 6.09 Å². The summed E-state index contributed by atoms with van der Waals surface area (Å²) in [4.78, 5) is 17.7. The summed E-state index contributed by atoms with van der Waals surface area (Å²) < 4.78 is 82.8. The lowest BCUT2D eigenvalue weighted by atomic mass is 9.98. The van der Waals surface area contributed by atoms with Crippen LogP contribution in [-0.4, -0.2) is 114 Å². The Bertz CT molecular complexity index is 3080. The number of hydrogen-bond acceptors (Lipinski definition) is 14. The SMILES string of the molecule is COc1ccc(CN(Cc2ccc(OC)cc2)S(=O)(=O)c2c(S(=O)(=O)NC[C@@H](O)CN(C(=O)O)C(C)(C)C)ccc(-c3cccc4sc(Br)nc34)c2-c2nnn(Cc3ccc(OC)cc3)n2)cc1. The van der Waals surface area contributed by atoms with Gasteiger partial charge in [0.15, 0.2) is 3.92 Å². The van der Waals surface area contributed by atoms with E-state index in [2.05, 4.69) is 31.0 Å². The lowest BCUT2D eigenvalue weighted by molar-refractivity contribution is 0.0577. The van der Waals surface area contributed by atoms with Gasteiger partial charge in [-0.15, -0.1) is 21.5 Å². The highest BCUT2D eigenvalue weighted by molar-refractivity contribution is 9.11. The zero-order valence-corrected chi connectivity index (χ0v) is 41.9. The zero-order valence-electron chi connectivity index (χ0n) is 37.8. The average molecular weight is 1050 g/mol. The minimum atomic E-state index is -5.00. The second-order valence-electron chi connectivity index (χ2n) is 16.5. The molecule has 0 aliphatic carbocycles. The van der Waals surface area contributed by atoms with Crippen molar-refractivity contribution in [1.29, 1.82) is 0 Å². The third-order valence-electron chi connectivity index (χ3n) is 10.8. The Balaban J connectivity index is 1.47. The maximum absolute atomic E-state index is 16.1. The molecule has 22 heteroatoms. The van der Waals surface area contributed by atoms with E-state index in [0.29, 0.717) is 43.4 Å². The number of hydrogen-bond donors (Lipinski definition) is 3. The molecule has 0 spiro atoms. The van der Waals surface area contributed by atoms with Gasteiger partial charge in [0.2, 0.25) is 25.9 Å². The van der Waals surface area contributed by atoms with Crippen LogP contribution in [-0.2, 0) is 39.7 Å². The maximum Gasteiger partial charge on any atom is 0.407 e. The smallest absolute Gasteiger partial charge is 0.407 e. The number of tetrazole rings is 1. The van der Waals surface area contributed by atoms with E-state index < -0.39 is 60.7 Å². The van der Waals surface area contributed by atoms with Gasteiger partial charge in [0.25, 0.3) is 0 Å². The molecule has 0 saturated heterocycles. The molecule has 1 atom stereocenters. The van der Waals surface area contributed by atoms with Gasteiger partial charge in [-0.2, -0.15) is 9.10 Å². The van der Waals surface area contributed by atoms with E-state index in [1.54, 1.807) is 101 Å². The molecule has 7 rings (SSSR count). The van der Waals surface area contributed by atoms with E-state index in [1.165, 1.54) is 42.5 Å². The highest BCUT2D eigenvalue weighted by atomic mass is 79.9. The second-order valence-corrected chi connectivity index (χ2v) is 22.4. The number of methoxy groups -OCH3 is 3. The summed E-state index contributed by atoms with van der Waals surface area (Å²) in [6.45, 7) is 3.39. The van der Waals surface area contributed by atoms with Crippen molar-refractivity contribution in [2.45, 2.75) is 61.8 Å². The molecule has 2 aromatic heterocycles. The van der Waals surface area contributed by atoms with Crippen LogP contribution in [0.1, 0.15) is 37.5 Å². The van der Waals surface area contributed by atoms with Crippen LogP contribution in [0, 0.1) is 0 Å². The first kappa shape index (κ1) is 49.9. The minimum Gasteiger partial charge on any atom is -0.497 e. The van der Waals surface area contributed by atoms with E-state index in [9.17, 15) is 23.4 Å². The van der Waals surface area contributed by atoms with Crippen LogP contribution in [0.3, 0.4) is 0 Å². The zero-order chi connectivity index (χ0) is 49.0. The first-order valence-electron chi connectivity index (χ1n) is 20.9. The number of amides is 1. The Morgan fingerprint density at radius 2 is 1.37 bits per heavy atom. The molecule has 0 unspecified atom stereocenters. The Morgan fingerprint density at radius 1 is 0.809 bits per heavy atom. The summed E-state index contributed by atoms with van der Waals surface area (Å²) in [6, 6.07) is 28.8. The molecule has 0 saturated carbocycles. The molecule has 0 bridgehead atoms. The molecule has 0 radical (unpaired) electrons. The van der Waals surface area contributed by atoms with Gasteiger partial charge in [0, 0.05) is 30.7 Å². The standard InChI is InChI=1S/C46H49BrN8O10S3/c1-46(2,3)54(45(57)58)28-32(56)24-48-67(59,60)39-23-22-36(37-8-7-9-38-41(37)49-44(47)66-38)40(43-50-52-55(51-43)27-31-14-20-35(65-6)21-15-31)42(39)68(61,62)53(25-29-10-16-33(63-4)17-11-29)26-30-12-18-34(64-5)19-13-30/h7-23,32,48,56H,24-28H2,1-6H3,(H,57,58)/t32-/m1/s1. The number of ether oxygens (including phenoxy) is 3. The van der Waals surface area contributed by atoms with Crippen molar-refractivity contribution in [1.82, 2.24) is 39.1 Å². The fourth-order valence-corrected chi connectivity index (χ4v) is 12.2. The van der Waals surface area contributed by atoms with Gasteiger partial charge in [-0.05, 0) is 113 Å². The van der Waals surface area contributed by atoms with E-state index in [1.807, 2.05) is 18.2 Å². The highest BCUT2D eigenvalue weighted by Crippen LogP contribution is 2.44. The maximum atomic E-state index is 16.1. The van der Waals surface area contributed by atoms with Crippen molar-refractivity contribution in [2.75, 3.05) is 34.4 Å². The Labute approximate surface area is 406 Å². The summed E-state index contributed by atoms with van der Waals surface area (Å²) in [5, 5.41) is 34.4. The summed E-state index contributed by atoms with van der Waals surface area (Å²) in [5.41, 5.74) is 1.90. The van der Waals surface area contributed by atoms with Crippen molar-refractivity contribution in [3.63, 3.8) is 0 Å². The molecule has 7 aromatic rings. The predicted octanol–water partition coefficient (Wildman–Crippen LogP) is 7.26. The number of thiazole rings is 1. The monoisotopic (exact) mass is 1050 g/mol. The molecule has 3 N–H and O–H groups in total. The van der Waals surface area contributed by atoms with Gasteiger partial charge in [-0.1, -0.05) is 54.6 Å². The molecule has 358 valence electrons. The van der Waals surface area contributed by atoms with Crippen molar-refractivity contribution in [3.8, 4) is 39.8 Å². The number of sulfonamides is 2. The highest BCUT2D eigenvalue weighted by Gasteiger charge is 2.39. The number of aliphatic hydroxyl groups excluding tert-OH is 1. The quantitative estimate of drug-likeness (QED) is 0.0725. The molecular weight excluding hydrogens is 1000 g/mol. The summed E-state index contributed by atoms with van der Waals surface area (Å²) in [7, 11) is -5.33. The number of carbonyl (C=O) groups is 1. The summed E-state index contributed by atoms with van der Waals surface area (Å²) in [6.07, 6.45) is -2.86. The number of nitrogens with zero attached hydrogens (tertiary/aromatic N) is 7. The van der Waals surface area contributed by atoms with Crippen LogP contribution in [0.4, 0.5) is 4.79 Å². The predicted molar refractivity (Wildman–Crippen MR) is 260 cm³/mol. The molecular formula is C46H49BrN8O10S3. The number of aliphatic hydroxyl groups is 1. The van der Waals surface area contributed by atoms with Crippen LogP contribution in [0.2, 0.25) is 0 Å². The number of nitrogens with one attached hydrogen (secondary N) is 1. The molecule has 2 heterocycles. The molecule has 5 aromatic carbocycles. The second kappa shape index (κ2) is 20.7. The number of rotatable bonds is 19. The molecule has 0 aliphatic heterocycles. The molecule has 0 aliphatic rings. The van der Waals surface area contributed by atoms with Crippen LogP contribution in [0.5, 0.6) is 17.2 Å². The molecule has 1 amide bonds. The topological polar surface area (TPSA) is 228 Å². The van der Waals surface area contributed by atoms with E-state index >= 15 is 8.42 Å². The van der Waals surface area contributed by atoms with Gasteiger partial charge in [-0.3, -0.25) is 0 Å². The van der Waals surface area contributed by atoms with Crippen LogP contribution in [0.15, 0.2) is 117 Å². The van der Waals surface area contributed by atoms with Crippen LogP contribution >= 0.6 is 27.3 Å². The Morgan fingerprint density at radius 3 is 1.90 bits per heavy atom. The number of benzene rings is 5. The van der Waals surface area contributed by atoms with Crippen molar-refractivity contribution in [2.24, 2.45) is 0 Å². The third kappa shape index (κ3) is 11.3. The minimum absolute atomic E-state index is 0.101. The van der Waals surface area contributed by atoms with Crippen molar-refractivity contribution in [3.05, 3.63) is 124 Å². The Kier molecular flexibility index (Phi) is 15.2. The number of β-amino-alcohol motifs (C(OH)–C–C–N with tert-alkyl or cyclic N) is 1. The summed E-state index contributed by atoms with van der Waals surface area (Å²) >= 11 is 4.84. The van der Waals surface area contributed by atoms with E-state index in [0.717, 1.165) is 19.5 Å². The number of fused-ring (bicyclic) bond motifs is 1. The fraction of sp³-hybridized carbons (Fsp3) is 0.283. The third-order valence-corrected chi connectivity index (χ3v) is 15.8. The molecule has 18 nitrogen and oxygen atoms in total. The number of halogens is 1. The van der Waals surface area contributed by atoms with Crippen LogP contribution in [0.25, 0.3) is 32.7 Å². The number of para-hydroxylation sites is 1. The normalized spacial score (nSPS) is 12.6. The first-order valence-corrected chi connectivity index (χ1v) is 25.4. The fourth-order valence-electron chi connectivity index (χ4n) is 7.34. The molecule has 68 heavy (non-hydrogen) atoms. The van der Waals surface area contributed by atoms with Gasteiger partial charge in [-0.25, -0.2) is 31.3 Å². The van der Waals surface area contributed by atoms with E-state index in [4.69, 9.17) is 24.3 Å². The number of aromatic nitrogens is 5. The van der Waals surface area contributed by atoms with Crippen LogP contribution < -0.4 is 18.9 Å². The number of carboxylic acid groups (broad SMARTS) is 1.